The summed E-state index contributed by atoms with van der Waals surface area (Å²) in [5.41, 5.74) is 4.35. The first-order chi connectivity index (χ1) is 13.2. The van der Waals surface area contributed by atoms with Crippen LogP contribution < -0.4 is 15.8 Å². The van der Waals surface area contributed by atoms with E-state index in [1.54, 1.807) is 7.05 Å². The summed E-state index contributed by atoms with van der Waals surface area (Å²) in [4.78, 5) is 21.0. The largest absolute Gasteiger partial charge is 0.475 e. The molecule has 1 fully saturated rings. The molecule has 28 heavy (non-hydrogen) atoms. The van der Waals surface area contributed by atoms with E-state index in [4.69, 9.17) is 22.1 Å². The molecule has 1 saturated heterocycles. The number of hydrogen-bond donors (Lipinski definition) is 2. The third-order valence-electron chi connectivity index (χ3n) is 4.28. The van der Waals surface area contributed by atoms with Crippen LogP contribution in [0.4, 0.5) is 13.2 Å². The van der Waals surface area contributed by atoms with E-state index in [9.17, 15) is 18.0 Å². The number of carbonyl (C=O) groups is 1. The molecule has 1 amide bonds. The molecule has 0 saturated carbocycles. The Morgan fingerprint density at radius 3 is 2.89 bits per heavy atom. The molecule has 1 unspecified atom stereocenters. The fourth-order valence-electron chi connectivity index (χ4n) is 3.04. The molecule has 7 nitrogen and oxygen atoms in total. The van der Waals surface area contributed by atoms with Crippen LogP contribution in [0.25, 0.3) is 0 Å². The molecular formula is C17H23ClF3N5O2. The second kappa shape index (κ2) is 9.81. The number of nitrogens with two attached hydrogens (primary N) is 1. The van der Waals surface area contributed by atoms with Gasteiger partial charge < -0.3 is 20.7 Å². The van der Waals surface area contributed by atoms with Gasteiger partial charge in [0.2, 0.25) is 11.8 Å². The number of nitrogens with zero attached hydrogens (tertiary/aromatic N) is 3. The number of pyridine rings is 1. The van der Waals surface area contributed by atoms with Crippen LogP contribution >= 0.6 is 11.6 Å². The maximum absolute atomic E-state index is 12.6. The number of likely N-dealkylation sites (tertiary alicyclic amines) is 1. The van der Waals surface area contributed by atoms with Gasteiger partial charge in [0.15, 0.2) is 5.96 Å². The molecule has 1 aromatic rings. The summed E-state index contributed by atoms with van der Waals surface area (Å²) in [6.07, 6.45) is -1.61. The number of amides is 1. The predicted molar refractivity (Wildman–Crippen MR) is 99.2 cm³/mol. The minimum Gasteiger partial charge on any atom is -0.475 e. The molecule has 0 bridgehead atoms. The Morgan fingerprint density at radius 2 is 2.29 bits per heavy atom. The lowest BCUT2D eigenvalue weighted by molar-refractivity contribution is -0.137. The van der Waals surface area contributed by atoms with Gasteiger partial charge in [0.1, 0.15) is 11.6 Å². The van der Waals surface area contributed by atoms with E-state index in [1.165, 1.54) is 0 Å². The summed E-state index contributed by atoms with van der Waals surface area (Å²) in [5.74, 6) is 0.468. The predicted octanol–water partition coefficient (Wildman–Crippen LogP) is 2.30. The van der Waals surface area contributed by atoms with Gasteiger partial charge in [0, 0.05) is 32.8 Å². The van der Waals surface area contributed by atoms with E-state index >= 15 is 0 Å². The van der Waals surface area contributed by atoms with Crippen LogP contribution in [0.2, 0.25) is 5.02 Å². The first kappa shape index (κ1) is 22.1. The Hall–Kier alpha value is -2.23. The fraction of sp³-hybridized carbons (Fsp3) is 0.588. The standard InChI is InChI=1S/C17H23ClF3N5O2/c1-23-16(26-5-2-3-11(10-26)7-14(22)27)24-4-6-28-15-13(18)8-12(9-25-15)17(19,20)21/h8-9,11H,2-7,10H2,1H3,(H2,22,27)(H,23,24). The van der Waals surface area contributed by atoms with Crippen LogP contribution in [0, 0.1) is 5.92 Å². The van der Waals surface area contributed by atoms with Crippen molar-refractivity contribution in [2.45, 2.75) is 25.4 Å². The maximum Gasteiger partial charge on any atom is 0.417 e. The number of halogens is 4. The third-order valence-corrected chi connectivity index (χ3v) is 4.55. The Labute approximate surface area is 166 Å². The topological polar surface area (TPSA) is 92.8 Å². The highest BCUT2D eigenvalue weighted by molar-refractivity contribution is 6.31. The number of hydrogen-bond acceptors (Lipinski definition) is 4. The van der Waals surface area contributed by atoms with Crippen molar-refractivity contribution < 1.29 is 22.7 Å². The zero-order chi connectivity index (χ0) is 20.7. The van der Waals surface area contributed by atoms with Crippen LogP contribution in [-0.4, -0.2) is 55.0 Å². The van der Waals surface area contributed by atoms with Crippen LogP contribution in [0.5, 0.6) is 5.88 Å². The van der Waals surface area contributed by atoms with Crippen LogP contribution in [-0.2, 0) is 11.0 Å². The molecule has 2 heterocycles. The lowest BCUT2D eigenvalue weighted by Gasteiger charge is -2.34. The zero-order valence-corrected chi connectivity index (χ0v) is 16.2. The molecule has 1 aromatic heterocycles. The van der Waals surface area contributed by atoms with Gasteiger partial charge in [0.05, 0.1) is 12.1 Å². The van der Waals surface area contributed by atoms with Gasteiger partial charge in [-0.2, -0.15) is 13.2 Å². The quantitative estimate of drug-likeness (QED) is 0.417. The minimum absolute atomic E-state index is 0.0639. The summed E-state index contributed by atoms with van der Waals surface area (Å²) < 4.78 is 43.2. The second-order valence-electron chi connectivity index (χ2n) is 6.46. The van der Waals surface area contributed by atoms with Gasteiger partial charge in [-0.25, -0.2) is 4.98 Å². The van der Waals surface area contributed by atoms with Crippen molar-refractivity contribution in [3.63, 3.8) is 0 Å². The SMILES string of the molecule is CN=C(NCCOc1ncc(C(F)(F)F)cc1Cl)N1CCCC(CC(N)=O)C1. The summed E-state index contributed by atoms with van der Waals surface area (Å²) >= 11 is 5.81. The van der Waals surface area contributed by atoms with Crippen LogP contribution in [0.1, 0.15) is 24.8 Å². The molecule has 2 rings (SSSR count). The number of alkyl halides is 3. The Morgan fingerprint density at radius 1 is 1.54 bits per heavy atom. The normalized spacial score (nSPS) is 18.1. The number of carbonyl (C=O) groups excluding carboxylic acids is 1. The van der Waals surface area contributed by atoms with Gasteiger partial charge in [-0.15, -0.1) is 0 Å². The number of guanidine groups is 1. The molecule has 3 N–H and O–H groups in total. The van der Waals surface area contributed by atoms with E-state index in [0.29, 0.717) is 31.7 Å². The number of nitrogens with one attached hydrogen (secondary N) is 1. The Balaban J connectivity index is 1.82. The molecule has 11 heteroatoms. The lowest BCUT2D eigenvalue weighted by atomic mass is 9.95. The molecule has 156 valence electrons. The highest BCUT2D eigenvalue weighted by Crippen LogP contribution is 2.33. The molecule has 1 aliphatic rings. The molecule has 0 spiro atoms. The summed E-state index contributed by atoms with van der Waals surface area (Å²) in [6.45, 7) is 1.97. The van der Waals surface area contributed by atoms with E-state index in [1.807, 2.05) is 4.90 Å². The summed E-state index contributed by atoms with van der Waals surface area (Å²) in [6, 6.07) is 0.781. The molecule has 0 radical (unpaired) electrons. The number of ether oxygens (including phenoxy) is 1. The van der Waals surface area contributed by atoms with Crippen molar-refractivity contribution in [3.8, 4) is 5.88 Å². The van der Waals surface area contributed by atoms with Gasteiger partial charge in [-0.3, -0.25) is 9.79 Å². The monoisotopic (exact) mass is 421 g/mol. The van der Waals surface area contributed by atoms with Gasteiger partial charge in [-0.1, -0.05) is 11.6 Å². The van der Waals surface area contributed by atoms with Crippen LogP contribution in [0.15, 0.2) is 17.3 Å². The van der Waals surface area contributed by atoms with Crippen molar-refractivity contribution in [3.05, 3.63) is 22.8 Å². The molecule has 1 atom stereocenters. The average Bonchev–Trinajstić information content (AvgIpc) is 2.61. The first-order valence-corrected chi connectivity index (χ1v) is 9.18. The van der Waals surface area contributed by atoms with E-state index in [0.717, 1.165) is 25.5 Å². The lowest BCUT2D eigenvalue weighted by Crippen LogP contribution is -2.48. The van der Waals surface area contributed by atoms with Crippen molar-refractivity contribution in [2.24, 2.45) is 16.6 Å². The molecular weight excluding hydrogens is 399 g/mol. The van der Waals surface area contributed by atoms with Crippen molar-refractivity contribution >= 4 is 23.5 Å². The summed E-state index contributed by atoms with van der Waals surface area (Å²) in [5, 5.41) is 2.92. The molecule has 1 aliphatic heterocycles. The number of aliphatic imine (C=N–C) groups is 1. The van der Waals surface area contributed by atoms with E-state index in [-0.39, 0.29) is 29.3 Å². The third kappa shape index (κ3) is 6.43. The number of rotatable bonds is 6. The number of aromatic nitrogens is 1. The van der Waals surface area contributed by atoms with Crippen molar-refractivity contribution in [2.75, 3.05) is 33.3 Å². The smallest absolute Gasteiger partial charge is 0.417 e. The van der Waals surface area contributed by atoms with E-state index in [2.05, 4.69) is 15.3 Å². The van der Waals surface area contributed by atoms with Crippen molar-refractivity contribution in [1.29, 1.82) is 0 Å². The summed E-state index contributed by atoms with van der Waals surface area (Å²) in [7, 11) is 1.65. The fourth-order valence-corrected chi connectivity index (χ4v) is 3.26. The zero-order valence-electron chi connectivity index (χ0n) is 15.4. The van der Waals surface area contributed by atoms with Crippen molar-refractivity contribution in [1.82, 2.24) is 15.2 Å². The first-order valence-electron chi connectivity index (χ1n) is 8.80. The second-order valence-corrected chi connectivity index (χ2v) is 6.86. The number of piperidine rings is 1. The molecule has 0 aliphatic carbocycles. The minimum atomic E-state index is -4.51. The van der Waals surface area contributed by atoms with Gasteiger partial charge in [-0.05, 0) is 24.8 Å². The highest BCUT2D eigenvalue weighted by Gasteiger charge is 2.31. The Kier molecular flexibility index (Phi) is 7.73. The van der Waals surface area contributed by atoms with Gasteiger partial charge >= 0.3 is 6.18 Å². The maximum atomic E-state index is 12.6. The molecule has 0 aromatic carbocycles. The highest BCUT2D eigenvalue weighted by atomic mass is 35.5. The Bertz CT molecular complexity index is 715. The van der Waals surface area contributed by atoms with E-state index < -0.39 is 11.7 Å². The van der Waals surface area contributed by atoms with Crippen LogP contribution in [0.3, 0.4) is 0 Å². The van der Waals surface area contributed by atoms with Gasteiger partial charge in [0.25, 0.3) is 0 Å². The average molecular weight is 422 g/mol. The number of primary amides is 1.